The van der Waals surface area contributed by atoms with Gasteiger partial charge < -0.3 is 13.9 Å². The zero-order valence-corrected chi connectivity index (χ0v) is 41.0. The minimum Gasteiger partial charge on any atom is -0.455 e. The molecule has 0 aliphatic heterocycles. The van der Waals surface area contributed by atoms with E-state index >= 15 is 0 Å². The lowest BCUT2D eigenvalue weighted by molar-refractivity contribution is 0.670. The second-order valence-electron chi connectivity index (χ2n) is 19.2. The molecule has 0 saturated heterocycles. The number of furan rings is 1. The van der Waals surface area contributed by atoms with Crippen molar-refractivity contribution in [2.75, 3.05) is 4.90 Å². The molecule has 0 bridgehead atoms. The highest BCUT2D eigenvalue weighted by Crippen LogP contribution is 2.44. The Balaban J connectivity index is 0.846. The van der Waals surface area contributed by atoms with E-state index in [1.807, 2.05) is 12.1 Å². The largest absolute Gasteiger partial charge is 0.455 e. The third-order valence-electron chi connectivity index (χ3n) is 14.9. The van der Waals surface area contributed by atoms with Crippen LogP contribution in [0.2, 0.25) is 0 Å². The van der Waals surface area contributed by atoms with E-state index in [0.717, 1.165) is 72.5 Å². The number of hydrogen-bond donors (Lipinski definition) is 0. The number of hydrogen-bond acceptors (Lipinski definition) is 2. The monoisotopic (exact) mass is 956 g/mol. The molecule has 12 aromatic carbocycles. The Bertz CT molecular complexity index is 4340. The van der Waals surface area contributed by atoms with Crippen LogP contribution in [0.1, 0.15) is 0 Å². The number of rotatable bonds is 10. The number of benzene rings is 12. The number of para-hydroxylation sites is 4. The van der Waals surface area contributed by atoms with Crippen LogP contribution in [-0.4, -0.2) is 4.57 Å². The van der Waals surface area contributed by atoms with E-state index in [9.17, 15) is 0 Å². The molecule has 0 fully saturated rings. The van der Waals surface area contributed by atoms with Crippen LogP contribution in [0.5, 0.6) is 0 Å². The Morgan fingerprint density at radius 3 is 1.21 bits per heavy atom. The van der Waals surface area contributed by atoms with Crippen LogP contribution in [0.15, 0.2) is 296 Å². The summed E-state index contributed by atoms with van der Waals surface area (Å²) in [7, 11) is 0. The first-order valence-corrected chi connectivity index (χ1v) is 25.7. The van der Waals surface area contributed by atoms with Crippen molar-refractivity contribution in [1.29, 1.82) is 0 Å². The molecule has 14 rings (SSSR count). The average molecular weight is 957 g/mol. The van der Waals surface area contributed by atoms with E-state index in [4.69, 9.17) is 4.42 Å². The van der Waals surface area contributed by atoms with Crippen LogP contribution in [0.3, 0.4) is 0 Å². The number of nitrogens with zero attached hydrogens (tertiary/aromatic N) is 2. The summed E-state index contributed by atoms with van der Waals surface area (Å²) in [4.78, 5) is 2.36. The molecule has 0 radical (unpaired) electrons. The molecule has 75 heavy (non-hydrogen) atoms. The molecule has 3 heteroatoms. The molecular weight excluding hydrogens is 909 g/mol. The van der Waals surface area contributed by atoms with Crippen molar-refractivity contribution < 1.29 is 4.42 Å². The van der Waals surface area contributed by atoms with Gasteiger partial charge in [0.1, 0.15) is 11.2 Å². The Morgan fingerprint density at radius 1 is 0.253 bits per heavy atom. The molecule has 0 N–H and O–H groups in total. The molecule has 0 amide bonds. The van der Waals surface area contributed by atoms with Gasteiger partial charge in [0.05, 0.1) is 11.0 Å². The predicted octanol–water partition coefficient (Wildman–Crippen LogP) is 20.2. The van der Waals surface area contributed by atoms with Gasteiger partial charge in [-0.05, 0) is 128 Å². The summed E-state index contributed by atoms with van der Waals surface area (Å²) in [6, 6.07) is 105. The minimum atomic E-state index is 0.897. The summed E-state index contributed by atoms with van der Waals surface area (Å²) in [6.07, 6.45) is 0. The maximum atomic E-state index is 6.49. The van der Waals surface area contributed by atoms with Crippen LogP contribution >= 0.6 is 0 Å². The van der Waals surface area contributed by atoms with Crippen molar-refractivity contribution in [3.63, 3.8) is 0 Å². The molecule has 0 unspecified atom stereocenters. The smallest absolute Gasteiger partial charge is 0.143 e. The van der Waals surface area contributed by atoms with Gasteiger partial charge in [0, 0.05) is 49.9 Å². The second kappa shape index (κ2) is 18.6. The summed E-state index contributed by atoms with van der Waals surface area (Å²) in [5, 5.41) is 4.76. The Kier molecular flexibility index (Phi) is 10.8. The Morgan fingerprint density at radius 2 is 0.640 bits per heavy atom. The summed E-state index contributed by atoms with van der Waals surface area (Å²) < 4.78 is 8.88. The highest BCUT2D eigenvalue weighted by Gasteiger charge is 2.19. The van der Waals surface area contributed by atoms with E-state index in [1.165, 1.54) is 60.8 Å². The van der Waals surface area contributed by atoms with Crippen molar-refractivity contribution in [3.8, 4) is 72.4 Å². The van der Waals surface area contributed by atoms with Gasteiger partial charge in [0.15, 0.2) is 0 Å². The third-order valence-corrected chi connectivity index (χ3v) is 14.9. The van der Waals surface area contributed by atoms with Gasteiger partial charge in [-0.2, -0.15) is 0 Å². The summed E-state index contributed by atoms with van der Waals surface area (Å²) in [6.45, 7) is 0. The van der Waals surface area contributed by atoms with Gasteiger partial charge in [-0.15, -0.1) is 0 Å². The minimum absolute atomic E-state index is 0.897. The van der Waals surface area contributed by atoms with Crippen LogP contribution < -0.4 is 4.90 Å². The lowest BCUT2D eigenvalue weighted by Gasteiger charge is -2.26. The molecule has 352 valence electrons. The number of aromatic nitrogens is 1. The summed E-state index contributed by atoms with van der Waals surface area (Å²) >= 11 is 0. The van der Waals surface area contributed by atoms with E-state index in [1.54, 1.807) is 0 Å². The van der Waals surface area contributed by atoms with Gasteiger partial charge >= 0.3 is 0 Å². The number of fused-ring (bicyclic) bond motifs is 6. The zero-order chi connectivity index (χ0) is 49.7. The van der Waals surface area contributed by atoms with Crippen molar-refractivity contribution in [2.24, 2.45) is 0 Å². The van der Waals surface area contributed by atoms with Gasteiger partial charge in [0.25, 0.3) is 0 Å². The van der Waals surface area contributed by atoms with Gasteiger partial charge in [-0.1, -0.05) is 224 Å². The molecule has 2 aromatic heterocycles. The quantitative estimate of drug-likeness (QED) is 0.136. The predicted molar refractivity (Wildman–Crippen MR) is 315 cm³/mol. The van der Waals surface area contributed by atoms with Crippen molar-refractivity contribution in [1.82, 2.24) is 4.57 Å². The van der Waals surface area contributed by atoms with Gasteiger partial charge in [-0.3, -0.25) is 0 Å². The first kappa shape index (κ1) is 43.8. The number of anilines is 3. The van der Waals surface area contributed by atoms with E-state index < -0.39 is 0 Å². The molecule has 0 saturated carbocycles. The van der Waals surface area contributed by atoms with Crippen LogP contribution in [0.4, 0.5) is 17.1 Å². The topological polar surface area (TPSA) is 21.3 Å². The lowest BCUT2D eigenvalue weighted by atomic mass is 9.87. The third kappa shape index (κ3) is 7.78. The highest BCUT2D eigenvalue weighted by atomic mass is 16.3. The normalized spacial score (nSPS) is 11.5. The van der Waals surface area contributed by atoms with Crippen molar-refractivity contribution in [3.05, 3.63) is 291 Å². The van der Waals surface area contributed by atoms with Crippen LogP contribution in [-0.2, 0) is 0 Å². The molecule has 0 aliphatic rings. The van der Waals surface area contributed by atoms with Crippen LogP contribution in [0.25, 0.3) is 116 Å². The van der Waals surface area contributed by atoms with E-state index in [0.29, 0.717) is 0 Å². The molecule has 0 atom stereocenters. The first-order valence-electron chi connectivity index (χ1n) is 25.7. The maximum Gasteiger partial charge on any atom is 0.143 e. The summed E-state index contributed by atoms with van der Waals surface area (Å²) in [5.41, 5.74) is 22.5. The summed E-state index contributed by atoms with van der Waals surface area (Å²) in [5.74, 6) is 0. The fraction of sp³-hybridized carbons (Fsp3) is 0. The van der Waals surface area contributed by atoms with Gasteiger partial charge in [0.2, 0.25) is 0 Å². The second-order valence-corrected chi connectivity index (χ2v) is 19.2. The van der Waals surface area contributed by atoms with Crippen LogP contribution in [0, 0.1) is 0 Å². The molecule has 14 aromatic rings. The SMILES string of the molecule is c1ccc(-c2ccccc2-c2ccccc2-c2ccccc2-c2ccc(N(c3ccc(-c4cccc(-n5c6ccccc6c6ccccc65)c4)cc3)c3ccc(-c4cccc5c4oc4ccccc45)cc3)cc2)cc1. The first-order chi connectivity index (χ1) is 37.2. The van der Waals surface area contributed by atoms with Crippen molar-refractivity contribution >= 4 is 60.8 Å². The van der Waals surface area contributed by atoms with Crippen molar-refractivity contribution in [2.45, 2.75) is 0 Å². The lowest BCUT2D eigenvalue weighted by Crippen LogP contribution is -2.09. The average Bonchev–Trinajstić information content (AvgIpc) is 4.05. The van der Waals surface area contributed by atoms with E-state index in [2.05, 4.69) is 289 Å². The fourth-order valence-electron chi connectivity index (χ4n) is 11.3. The molecule has 0 aliphatic carbocycles. The van der Waals surface area contributed by atoms with Gasteiger partial charge in [-0.25, -0.2) is 0 Å². The highest BCUT2D eigenvalue weighted by molar-refractivity contribution is 6.10. The van der Waals surface area contributed by atoms with E-state index in [-0.39, 0.29) is 0 Å². The fourth-order valence-corrected chi connectivity index (χ4v) is 11.3. The zero-order valence-electron chi connectivity index (χ0n) is 41.0. The molecular formula is C72H48N2O. The molecule has 3 nitrogen and oxygen atoms in total. The Hall–Kier alpha value is -9.96. The Labute approximate surface area is 436 Å². The molecule has 2 heterocycles. The maximum absolute atomic E-state index is 6.49. The molecule has 0 spiro atoms. The standard InChI is InChI=1S/C72H48N2O/c1-2-18-50(19-3-1)58-22-4-6-24-61(58)63-26-8-9-27-64(63)62-25-7-5-23-59(62)51-38-44-55(45-39-51)73(56-46-40-52(41-47-56)60-31-17-32-68-67-30-12-15-35-71(67)75-72(60)68)54-42-36-49(37-43-54)53-20-16-21-57(48-53)74-69-33-13-10-28-65(69)66-29-11-14-34-70(66)74/h1-48H.